The number of ketones is 1. The van der Waals surface area contributed by atoms with Gasteiger partial charge in [-0.05, 0) is 67.8 Å². The van der Waals surface area contributed by atoms with Gasteiger partial charge in [0.25, 0.3) is 5.56 Å². The van der Waals surface area contributed by atoms with Crippen molar-refractivity contribution >= 4 is 28.4 Å². The molecule has 4 rings (SSSR count). The Balaban J connectivity index is 1.77. The second-order valence-electron chi connectivity index (χ2n) is 7.72. The number of nitrogens with zero attached hydrogens (tertiary/aromatic N) is 2. The molecular weight excluding hydrogens is 420 g/mol. The summed E-state index contributed by atoms with van der Waals surface area (Å²) >= 11 is 1.27. The van der Waals surface area contributed by atoms with Gasteiger partial charge in [0, 0.05) is 11.6 Å². The van der Waals surface area contributed by atoms with E-state index in [2.05, 4.69) is 0 Å². The maximum atomic E-state index is 13.4. The van der Waals surface area contributed by atoms with Crippen molar-refractivity contribution in [3.05, 3.63) is 93.3 Å². The van der Waals surface area contributed by atoms with Crippen LogP contribution in [0, 0.1) is 20.8 Å². The Labute approximate surface area is 191 Å². The molecule has 32 heavy (non-hydrogen) atoms. The van der Waals surface area contributed by atoms with Crippen LogP contribution in [0.3, 0.4) is 0 Å². The van der Waals surface area contributed by atoms with Crippen molar-refractivity contribution in [3.8, 4) is 11.4 Å². The third-order valence-electron chi connectivity index (χ3n) is 5.53. The Kier molecular flexibility index (Phi) is 6.15. The number of ether oxygens (including phenoxy) is 1. The number of carbonyl (C=O) groups excluding carboxylic acids is 1. The fourth-order valence-corrected chi connectivity index (χ4v) is 4.55. The summed E-state index contributed by atoms with van der Waals surface area (Å²) in [6, 6.07) is 18.5. The van der Waals surface area contributed by atoms with Gasteiger partial charge >= 0.3 is 0 Å². The van der Waals surface area contributed by atoms with E-state index in [0.717, 1.165) is 16.7 Å². The van der Waals surface area contributed by atoms with Crippen LogP contribution in [-0.4, -0.2) is 28.2 Å². The highest BCUT2D eigenvalue weighted by Crippen LogP contribution is 2.25. The molecule has 0 N–H and O–H groups in total. The molecule has 5 nitrogen and oxygen atoms in total. The quantitative estimate of drug-likeness (QED) is 0.230. The topological polar surface area (TPSA) is 61.2 Å². The van der Waals surface area contributed by atoms with Crippen LogP contribution in [0.15, 0.2) is 70.6 Å². The average Bonchev–Trinajstić information content (AvgIpc) is 2.80. The molecule has 0 fully saturated rings. The summed E-state index contributed by atoms with van der Waals surface area (Å²) in [5.74, 6) is 0.827. The number of aryl methyl sites for hydroxylation is 3. The van der Waals surface area contributed by atoms with Crippen LogP contribution in [-0.2, 0) is 0 Å². The average molecular weight is 445 g/mol. The predicted molar refractivity (Wildman–Crippen MR) is 130 cm³/mol. The normalized spacial score (nSPS) is 11.0. The molecule has 0 saturated carbocycles. The Hall–Kier alpha value is -3.38. The van der Waals surface area contributed by atoms with E-state index < -0.39 is 0 Å². The van der Waals surface area contributed by atoms with E-state index in [1.165, 1.54) is 11.8 Å². The Morgan fingerprint density at radius 2 is 1.72 bits per heavy atom. The van der Waals surface area contributed by atoms with Crippen LogP contribution < -0.4 is 10.3 Å². The molecule has 3 aromatic carbocycles. The van der Waals surface area contributed by atoms with Crippen molar-refractivity contribution in [2.24, 2.45) is 0 Å². The van der Waals surface area contributed by atoms with E-state index in [0.29, 0.717) is 33.1 Å². The third kappa shape index (κ3) is 4.18. The summed E-state index contributed by atoms with van der Waals surface area (Å²) in [5, 5.41) is 0.993. The van der Waals surface area contributed by atoms with Gasteiger partial charge in [0.2, 0.25) is 0 Å². The van der Waals surface area contributed by atoms with Crippen LogP contribution in [0.5, 0.6) is 5.75 Å². The van der Waals surface area contributed by atoms with Gasteiger partial charge in [0.1, 0.15) is 5.75 Å². The zero-order chi connectivity index (χ0) is 22.8. The van der Waals surface area contributed by atoms with Gasteiger partial charge in [-0.15, -0.1) is 0 Å². The van der Waals surface area contributed by atoms with Gasteiger partial charge in [-0.3, -0.25) is 14.2 Å². The molecule has 1 heterocycles. The standard InChI is InChI=1S/C26H24N2O3S/c1-16-12-18(3)22(13-17(16)2)24(29)15-32-26-27-23-11-6-5-10-21(23)25(30)28(26)19-8-7-9-20(14-19)31-4/h5-14H,15H2,1-4H3. The number of fused-ring (bicyclic) bond motifs is 1. The smallest absolute Gasteiger partial charge is 0.266 e. The van der Waals surface area contributed by atoms with E-state index in [4.69, 9.17) is 9.72 Å². The number of Topliss-reactive ketones (excluding diaryl/α,β-unsaturated/α-hetero) is 1. The van der Waals surface area contributed by atoms with Crippen molar-refractivity contribution in [1.82, 2.24) is 9.55 Å². The number of benzene rings is 3. The van der Waals surface area contributed by atoms with Gasteiger partial charge in [-0.2, -0.15) is 0 Å². The first-order chi connectivity index (χ1) is 15.4. The molecule has 4 aromatic rings. The van der Waals surface area contributed by atoms with Crippen LogP contribution in [0.2, 0.25) is 0 Å². The highest BCUT2D eigenvalue weighted by atomic mass is 32.2. The zero-order valence-electron chi connectivity index (χ0n) is 18.5. The molecule has 1 aromatic heterocycles. The van der Waals surface area contributed by atoms with Crippen LogP contribution in [0.4, 0.5) is 0 Å². The van der Waals surface area contributed by atoms with E-state index >= 15 is 0 Å². The Morgan fingerprint density at radius 1 is 0.969 bits per heavy atom. The van der Waals surface area contributed by atoms with E-state index in [1.54, 1.807) is 23.8 Å². The Bertz CT molecular complexity index is 1390. The molecule has 0 aliphatic carbocycles. The second-order valence-corrected chi connectivity index (χ2v) is 8.66. The summed E-state index contributed by atoms with van der Waals surface area (Å²) in [6.07, 6.45) is 0. The number of para-hydroxylation sites is 1. The molecular formula is C26H24N2O3S. The monoisotopic (exact) mass is 444 g/mol. The minimum Gasteiger partial charge on any atom is -0.497 e. The molecule has 0 unspecified atom stereocenters. The SMILES string of the molecule is COc1cccc(-n2c(SCC(=O)c3cc(C)c(C)cc3C)nc3ccccc3c2=O)c1. The largest absolute Gasteiger partial charge is 0.497 e. The second kappa shape index (κ2) is 9.01. The summed E-state index contributed by atoms with van der Waals surface area (Å²) in [6.45, 7) is 5.99. The molecule has 6 heteroatoms. The highest BCUT2D eigenvalue weighted by molar-refractivity contribution is 7.99. The number of thioether (sulfide) groups is 1. The van der Waals surface area contributed by atoms with Gasteiger partial charge in [-0.25, -0.2) is 4.98 Å². The first kappa shape index (κ1) is 21.8. The minimum absolute atomic E-state index is 0.00944. The van der Waals surface area contributed by atoms with Gasteiger partial charge < -0.3 is 4.74 Å². The van der Waals surface area contributed by atoms with Crippen LogP contribution in [0.25, 0.3) is 16.6 Å². The highest BCUT2D eigenvalue weighted by Gasteiger charge is 2.17. The van der Waals surface area contributed by atoms with E-state index in [1.807, 2.05) is 69.3 Å². The third-order valence-corrected chi connectivity index (χ3v) is 6.47. The lowest BCUT2D eigenvalue weighted by Gasteiger charge is -2.14. The van der Waals surface area contributed by atoms with E-state index in [-0.39, 0.29) is 17.1 Å². The summed E-state index contributed by atoms with van der Waals surface area (Å²) in [5.41, 5.74) is 4.97. The number of carbonyl (C=O) groups is 1. The zero-order valence-corrected chi connectivity index (χ0v) is 19.3. The van der Waals surface area contributed by atoms with Crippen molar-refractivity contribution in [3.63, 3.8) is 0 Å². The number of aromatic nitrogens is 2. The predicted octanol–water partition coefficient (Wildman–Crippen LogP) is 5.29. The maximum Gasteiger partial charge on any atom is 0.266 e. The Morgan fingerprint density at radius 3 is 2.50 bits per heavy atom. The fraction of sp³-hybridized carbons (Fsp3) is 0.192. The van der Waals surface area contributed by atoms with Crippen molar-refractivity contribution in [2.75, 3.05) is 12.9 Å². The van der Waals surface area contributed by atoms with E-state index in [9.17, 15) is 9.59 Å². The first-order valence-electron chi connectivity index (χ1n) is 10.3. The van der Waals surface area contributed by atoms with Crippen molar-refractivity contribution < 1.29 is 9.53 Å². The number of rotatable bonds is 6. The fourth-order valence-electron chi connectivity index (χ4n) is 3.66. The number of methoxy groups -OCH3 is 1. The van der Waals surface area contributed by atoms with Crippen LogP contribution >= 0.6 is 11.8 Å². The lowest BCUT2D eigenvalue weighted by Crippen LogP contribution is -2.22. The maximum absolute atomic E-state index is 13.4. The van der Waals surface area contributed by atoms with Crippen molar-refractivity contribution in [2.45, 2.75) is 25.9 Å². The van der Waals surface area contributed by atoms with Crippen molar-refractivity contribution in [1.29, 1.82) is 0 Å². The lowest BCUT2D eigenvalue weighted by molar-refractivity contribution is 0.102. The summed E-state index contributed by atoms with van der Waals surface area (Å²) in [4.78, 5) is 31.1. The first-order valence-corrected chi connectivity index (χ1v) is 11.3. The molecule has 0 saturated heterocycles. The molecule has 0 aliphatic rings. The summed E-state index contributed by atoms with van der Waals surface area (Å²) < 4.78 is 6.89. The molecule has 0 atom stereocenters. The molecule has 162 valence electrons. The van der Waals surface area contributed by atoms with Crippen LogP contribution in [0.1, 0.15) is 27.0 Å². The molecule has 0 amide bonds. The van der Waals surface area contributed by atoms with Gasteiger partial charge in [0.15, 0.2) is 10.9 Å². The lowest BCUT2D eigenvalue weighted by atomic mass is 9.99. The van der Waals surface area contributed by atoms with Gasteiger partial charge in [-0.1, -0.05) is 36.0 Å². The molecule has 0 aliphatic heterocycles. The minimum atomic E-state index is -0.179. The number of hydrogen-bond acceptors (Lipinski definition) is 5. The molecule has 0 radical (unpaired) electrons. The molecule has 0 spiro atoms. The number of hydrogen-bond donors (Lipinski definition) is 0. The summed E-state index contributed by atoms with van der Waals surface area (Å²) in [7, 11) is 1.58. The molecule has 0 bridgehead atoms. The van der Waals surface area contributed by atoms with Gasteiger partial charge in [0.05, 0.1) is 29.5 Å².